The van der Waals surface area contributed by atoms with Gasteiger partial charge in [0.05, 0.1) is 5.56 Å². The molecule has 1 heterocycles. The van der Waals surface area contributed by atoms with Crippen LogP contribution in [0.2, 0.25) is 0 Å². The quantitative estimate of drug-likeness (QED) is 0.572. The van der Waals surface area contributed by atoms with Gasteiger partial charge in [-0.05, 0) is 47.0 Å². The van der Waals surface area contributed by atoms with Crippen LogP contribution in [0.1, 0.15) is 23.6 Å². The van der Waals surface area contributed by atoms with E-state index in [9.17, 15) is 27.6 Å². The predicted octanol–water partition coefficient (Wildman–Crippen LogP) is 3.94. The molecule has 2 N–H and O–H groups in total. The highest BCUT2D eigenvalue weighted by Gasteiger charge is 2.49. The normalized spacial score (nSPS) is 18.5. The number of hydrogen-bond donors (Lipinski definition) is 2. The third-order valence-electron chi connectivity index (χ3n) is 5.65. The van der Waals surface area contributed by atoms with Gasteiger partial charge < -0.3 is 10.6 Å². The van der Waals surface area contributed by atoms with E-state index in [-0.39, 0.29) is 12.1 Å². The van der Waals surface area contributed by atoms with Crippen molar-refractivity contribution in [2.75, 3.05) is 6.54 Å². The molecule has 4 amide bonds. The Morgan fingerprint density at radius 3 is 2.45 bits per heavy atom. The Hall–Kier alpha value is -3.88. The van der Waals surface area contributed by atoms with E-state index in [0.29, 0.717) is 5.56 Å². The summed E-state index contributed by atoms with van der Waals surface area (Å²) in [5.74, 6) is -1.25. The second-order valence-corrected chi connectivity index (χ2v) is 7.98. The minimum atomic E-state index is -4.49. The summed E-state index contributed by atoms with van der Waals surface area (Å²) in [6.45, 7) is 0.846. The molecule has 1 aliphatic rings. The molecular weight excluding hydrogens is 435 g/mol. The van der Waals surface area contributed by atoms with Crippen LogP contribution in [0.4, 0.5) is 18.0 Å². The lowest BCUT2D eigenvalue weighted by Crippen LogP contribution is -2.43. The summed E-state index contributed by atoms with van der Waals surface area (Å²) in [5.41, 5.74) is -1.35. The standard InChI is InChI=1S/C24H20F3N3O3/c1-23(18-10-9-16-6-2-3-7-17(16)12-18)21(32)30(22(33)29-23)14-20(31)28-13-15-5-4-8-19(11-15)24(25,26)27/h2-12H,13-14H2,1H3,(H,28,31)(H,29,33). The number of imide groups is 1. The fourth-order valence-electron chi connectivity index (χ4n) is 3.79. The highest BCUT2D eigenvalue weighted by Crippen LogP contribution is 2.31. The highest BCUT2D eigenvalue weighted by atomic mass is 19.4. The first kappa shape index (κ1) is 22.3. The number of carbonyl (C=O) groups excluding carboxylic acids is 3. The third-order valence-corrected chi connectivity index (χ3v) is 5.65. The molecule has 4 rings (SSSR count). The third kappa shape index (κ3) is 4.39. The lowest BCUT2D eigenvalue weighted by atomic mass is 9.90. The van der Waals surface area contributed by atoms with Gasteiger partial charge in [-0.1, -0.05) is 48.5 Å². The Balaban J connectivity index is 1.45. The van der Waals surface area contributed by atoms with Crippen LogP contribution >= 0.6 is 0 Å². The summed E-state index contributed by atoms with van der Waals surface area (Å²) in [6, 6.07) is 16.8. The van der Waals surface area contributed by atoms with Crippen LogP contribution in [0, 0.1) is 0 Å². The van der Waals surface area contributed by atoms with Crippen LogP contribution in [0.3, 0.4) is 0 Å². The van der Waals surface area contributed by atoms with Gasteiger partial charge in [0.25, 0.3) is 5.91 Å². The highest BCUT2D eigenvalue weighted by molar-refractivity contribution is 6.09. The number of benzene rings is 3. The maximum absolute atomic E-state index is 13.1. The van der Waals surface area contributed by atoms with Gasteiger partial charge in [0, 0.05) is 6.54 Å². The van der Waals surface area contributed by atoms with Gasteiger partial charge in [-0.15, -0.1) is 0 Å². The lowest BCUT2D eigenvalue weighted by molar-refractivity contribution is -0.137. The molecule has 0 bridgehead atoms. The molecule has 0 radical (unpaired) electrons. The minimum absolute atomic E-state index is 0.172. The van der Waals surface area contributed by atoms with Gasteiger partial charge in [-0.25, -0.2) is 4.79 Å². The van der Waals surface area contributed by atoms with Gasteiger partial charge in [-0.2, -0.15) is 13.2 Å². The molecule has 3 aromatic carbocycles. The van der Waals surface area contributed by atoms with E-state index in [0.717, 1.165) is 27.8 Å². The number of nitrogens with zero attached hydrogens (tertiary/aromatic N) is 1. The molecule has 9 heteroatoms. The minimum Gasteiger partial charge on any atom is -0.350 e. The Kier molecular flexibility index (Phi) is 5.57. The van der Waals surface area contributed by atoms with Crippen LogP contribution in [0.25, 0.3) is 10.8 Å². The molecule has 0 spiro atoms. The molecule has 33 heavy (non-hydrogen) atoms. The first-order valence-corrected chi connectivity index (χ1v) is 10.1. The molecule has 0 aromatic heterocycles. The number of halogens is 3. The van der Waals surface area contributed by atoms with E-state index in [2.05, 4.69) is 10.6 Å². The number of urea groups is 1. The molecular formula is C24H20F3N3O3. The molecule has 1 fully saturated rings. The number of nitrogens with one attached hydrogen (secondary N) is 2. The fraction of sp³-hybridized carbons (Fsp3) is 0.208. The van der Waals surface area contributed by atoms with Gasteiger partial charge in [0.1, 0.15) is 12.1 Å². The summed E-state index contributed by atoms with van der Waals surface area (Å²) in [7, 11) is 0. The molecule has 1 unspecified atom stereocenters. The summed E-state index contributed by atoms with van der Waals surface area (Å²) < 4.78 is 38.5. The Morgan fingerprint density at radius 1 is 1.00 bits per heavy atom. The smallest absolute Gasteiger partial charge is 0.350 e. The number of carbonyl (C=O) groups is 3. The molecule has 1 saturated heterocycles. The molecule has 3 aromatic rings. The molecule has 6 nitrogen and oxygen atoms in total. The van der Waals surface area contributed by atoms with E-state index in [1.165, 1.54) is 12.1 Å². The second kappa shape index (κ2) is 8.23. The van der Waals surface area contributed by atoms with E-state index < -0.39 is 41.7 Å². The molecule has 170 valence electrons. The zero-order valence-electron chi connectivity index (χ0n) is 17.6. The van der Waals surface area contributed by atoms with E-state index in [4.69, 9.17) is 0 Å². The van der Waals surface area contributed by atoms with Crippen molar-refractivity contribution in [3.63, 3.8) is 0 Å². The first-order valence-electron chi connectivity index (χ1n) is 10.1. The van der Waals surface area contributed by atoms with Crippen LogP contribution in [0.5, 0.6) is 0 Å². The van der Waals surface area contributed by atoms with Crippen molar-refractivity contribution in [2.24, 2.45) is 0 Å². The number of amides is 4. The number of fused-ring (bicyclic) bond motifs is 1. The summed E-state index contributed by atoms with van der Waals surface area (Å²) >= 11 is 0. The Morgan fingerprint density at radius 2 is 1.73 bits per heavy atom. The fourth-order valence-corrected chi connectivity index (χ4v) is 3.79. The Labute approximate surface area is 187 Å². The van der Waals surface area contributed by atoms with Gasteiger partial charge >= 0.3 is 12.2 Å². The SMILES string of the molecule is CC1(c2ccc3ccccc3c2)NC(=O)N(CC(=O)NCc2cccc(C(F)(F)F)c2)C1=O. The zero-order valence-corrected chi connectivity index (χ0v) is 17.6. The van der Waals surface area contributed by atoms with E-state index >= 15 is 0 Å². The van der Waals surface area contributed by atoms with Crippen molar-refractivity contribution in [3.05, 3.63) is 83.4 Å². The van der Waals surface area contributed by atoms with Crippen molar-refractivity contribution >= 4 is 28.6 Å². The van der Waals surface area contributed by atoms with Gasteiger partial charge in [-0.3, -0.25) is 14.5 Å². The largest absolute Gasteiger partial charge is 0.416 e. The molecule has 0 aliphatic carbocycles. The van der Waals surface area contributed by atoms with E-state index in [1.54, 1.807) is 13.0 Å². The topological polar surface area (TPSA) is 78.5 Å². The first-order chi connectivity index (χ1) is 15.6. The number of hydrogen-bond acceptors (Lipinski definition) is 3. The monoisotopic (exact) mass is 455 g/mol. The lowest BCUT2D eigenvalue weighted by Gasteiger charge is -2.22. The average molecular weight is 455 g/mol. The second-order valence-electron chi connectivity index (χ2n) is 7.98. The van der Waals surface area contributed by atoms with E-state index in [1.807, 2.05) is 36.4 Å². The van der Waals surface area contributed by atoms with Gasteiger partial charge in [0.15, 0.2) is 0 Å². The predicted molar refractivity (Wildman–Crippen MR) is 115 cm³/mol. The summed E-state index contributed by atoms with van der Waals surface area (Å²) in [5, 5.41) is 6.98. The van der Waals surface area contributed by atoms with Crippen molar-refractivity contribution in [3.8, 4) is 0 Å². The average Bonchev–Trinajstić information content (AvgIpc) is 3.01. The zero-order chi connectivity index (χ0) is 23.8. The molecule has 0 saturated carbocycles. The van der Waals surface area contributed by atoms with Crippen molar-refractivity contribution in [2.45, 2.75) is 25.2 Å². The molecule has 1 aliphatic heterocycles. The summed E-state index contributed by atoms with van der Waals surface area (Å²) in [6.07, 6.45) is -4.49. The van der Waals surface area contributed by atoms with Crippen LogP contribution < -0.4 is 10.6 Å². The summed E-state index contributed by atoms with van der Waals surface area (Å²) in [4.78, 5) is 38.7. The maximum atomic E-state index is 13.1. The van der Waals surface area contributed by atoms with Crippen LogP contribution in [-0.4, -0.2) is 29.3 Å². The number of rotatable bonds is 5. The van der Waals surface area contributed by atoms with Gasteiger partial charge in [0.2, 0.25) is 5.91 Å². The molecule has 1 atom stereocenters. The van der Waals surface area contributed by atoms with Crippen molar-refractivity contribution in [1.82, 2.24) is 15.5 Å². The van der Waals surface area contributed by atoms with Crippen LogP contribution in [0.15, 0.2) is 66.7 Å². The Bertz CT molecular complexity index is 1260. The van der Waals surface area contributed by atoms with Crippen LogP contribution in [-0.2, 0) is 27.8 Å². The number of alkyl halides is 3. The van der Waals surface area contributed by atoms with Crippen molar-refractivity contribution < 1.29 is 27.6 Å². The van der Waals surface area contributed by atoms with Crippen molar-refractivity contribution in [1.29, 1.82) is 0 Å². The maximum Gasteiger partial charge on any atom is 0.416 e.